The Bertz CT molecular complexity index is 157. The Morgan fingerprint density at radius 2 is 2.40 bits per heavy atom. The van der Waals surface area contributed by atoms with Gasteiger partial charge in [-0.3, -0.25) is 5.10 Å². The number of aromatic amines is 1. The van der Waals surface area contributed by atoms with Crippen LogP contribution >= 0.6 is 0 Å². The largest absolute Gasteiger partial charge is 0.263 e. The van der Waals surface area contributed by atoms with E-state index in [-0.39, 0.29) is 0 Å². The number of hydrogen-bond acceptors (Lipinski definition) is 2. The van der Waals surface area contributed by atoms with Gasteiger partial charge in [-0.15, -0.1) is 0 Å². The maximum Gasteiger partial charge on any atom is 0.137 e. The highest BCUT2D eigenvalue weighted by Crippen LogP contribution is 1.99. The summed E-state index contributed by atoms with van der Waals surface area (Å²) in [5, 5.41) is 6.60. The number of nitrogens with one attached hydrogen (secondary N) is 1. The van der Waals surface area contributed by atoms with E-state index in [9.17, 15) is 0 Å². The zero-order valence-electron chi connectivity index (χ0n) is 6.30. The third kappa shape index (κ3) is 2.17. The molecule has 1 aromatic rings. The maximum atomic E-state index is 4.02. The first-order chi connectivity index (χ1) is 4.93. The molecule has 0 aliphatic heterocycles. The van der Waals surface area contributed by atoms with Gasteiger partial charge in [-0.2, -0.15) is 5.10 Å². The minimum atomic E-state index is 1.01. The number of nitrogens with zero attached hydrogens (tertiary/aromatic N) is 2. The van der Waals surface area contributed by atoms with Crippen molar-refractivity contribution in [3.05, 3.63) is 12.2 Å². The van der Waals surface area contributed by atoms with Gasteiger partial charge in [0.15, 0.2) is 0 Å². The lowest BCUT2D eigenvalue weighted by Crippen LogP contribution is -1.87. The van der Waals surface area contributed by atoms with E-state index in [1.54, 1.807) is 6.33 Å². The first kappa shape index (κ1) is 7.25. The molecule has 0 spiro atoms. The van der Waals surface area contributed by atoms with Crippen LogP contribution in [0.5, 0.6) is 0 Å². The van der Waals surface area contributed by atoms with Crippen LogP contribution < -0.4 is 0 Å². The SMILES string of the molecule is CCCCCc1ncn[nH]1. The van der Waals surface area contributed by atoms with Gasteiger partial charge in [0, 0.05) is 6.42 Å². The Balaban J connectivity index is 2.15. The monoisotopic (exact) mass is 139 g/mol. The molecule has 0 bridgehead atoms. The quantitative estimate of drug-likeness (QED) is 0.643. The Kier molecular flexibility index (Phi) is 2.93. The van der Waals surface area contributed by atoms with Crippen LogP contribution in [0.3, 0.4) is 0 Å². The van der Waals surface area contributed by atoms with Crippen LogP contribution in [0.25, 0.3) is 0 Å². The molecule has 0 saturated heterocycles. The molecule has 0 fully saturated rings. The molecule has 0 aliphatic rings. The van der Waals surface area contributed by atoms with Gasteiger partial charge in [0.25, 0.3) is 0 Å². The molecule has 1 rings (SSSR count). The van der Waals surface area contributed by atoms with Crippen molar-refractivity contribution in [2.75, 3.05) is 0 Å². The van der Waals surface area contributed by atoms with Crippen LogP contribution in [-0.4, -0.2) is 15.2 Å². The summed E-state index contributed by atoms with van der Waals surface area (Å²) >= 11 is 0. The highest BCUT2D eigenvalue weighted by atomic mass is 15.2. The summed E-state index contributed by atoms with van der Waals surface area (Å²) in [6.45, 7) is 2.19. The standard InChI is InChI=1S/C7H13N3/c1-2-3-4-5-7-8-6-9-10-7/h6H,2-5H2,1H3,(H,8,9,10). The number of hydrogen-bond donors (Lipinski definition) is 1. The maximum absolute atomic E-state index is 4.02. The van der Waals surface area contributed by atoms with E-state index >= 15 is 0 Å². The summed E-state index contributed by atoms with van der Waals surface area (Å²) < 4.78 is 0. The van der Waals surface area contributed by atoms with Crippen molar-refractivity contribution in [2.45, 2.75) is 32.6 Å². The average Bonchev–Trinajstić information content (AvgIpc) is 2.41. The van der Waals surface area contributed by atoms with E-state index < -0.39 is 0 Å². The minimum absolute atomic E-state index is 1.01. The fourth-order valence-corrected chi connectivity index (χ4v) is 0.894. The van der Waals surface area contributed by atoms with Crippen LogP contribution in [0.4, 0.5) is 0 Å². The van der Waals surface area contributed by atoms with Crippen molar-refractivity contribution in [2.24, 2.45) is 0 Å². The van der Waals surface area contributed by atoms with Crippen molar-refractivity contribution >= 4 is 0 Å². The summed E-state index contributed by atoms with van der Waals surface area (Å²) in [6.07, 6.45) is 6.34. The Labute approximate surface area is 60.9 Å². The molecule has 1 heterocycles. The summed E-state index contributed by atoms with van der Waals surface area (Å²) in [7, 11) is 0. The Morgan fingerprint density at radius 3 is 3.00 bits per heavy atom. The van der Waals surface area contributed by atoms with Crippen LogP contribution in [0.2, 0.25) is 0 Å². The topological polar surface area (TPSA) is 41.6 Å². The summed E-state index contributed by atoms with van der Waals surface area (Å²) in [4.78, 5) is 4.02. The van der Waals surface area contributed by atoms with E-state index in [0.29, 0.717) is 0 Å². The Hall–Kier alpha value is -0.860. The number of unbranched alkanes of at least 4 members (excludes halogenated alkanes) is 2. The van der Waals surface area contributed by atoms with Crippen LogP contribution in [0.15, 0.2) is 6.33 Å². The molecular formula is C7H13N3. The molecule has 0 atom stereocenters. The number of H-pyrrole nitrogens is 1. The second kappa shape index (κ2) is 4.04. The van der Waals surface area contributed by atoms with Crippen LogP contribution in [0, 0.1) is 0 Å². The lowest BCUT2D eigenvalue weighted by atomic mass is 10.2. The predicted molar refractivity (Wildman–Crippen MR) is 39.6 cm³/mol. The number of aryl methyl sites for hydroxylation is 1. The molecule has 0 aliphatic carbocycles. The van der Waals surface area contributed by atoms with Gasteiger partial charge in [0.05, 0.1) is 0 Å². The van der Waals surface area contributed by atoms with Gasteiger partial charge in [-0.1, -0.05) is 19.8 Å². The molecule has 3 nitrogen and oxygen atoms in total. The van der Waals surface area contributed by atoms with E-state index in [4.69, 9.17) is 0 Å². The molecule has 1 aromatic heterocycles. The van der Waals surface area contributed by atoms with E-state index in [1.807, 2.05) is 0 Å². The fraction of sp³-hybridized carbons (Fsp3) is 0.714. The molecule has 10 heavy (non-hydrogen) atoms. The third-order valence-electron chi connectivity index (χ3n) is 1.48. The summed E-state index contributed by atoms with van der Waals surface area (Å²) in [6, 6.07) is 0. The second-order valence-corrected chi connectivity index (χ2v) is 2.39. The number of aromatic nitrogens is 3. The molecule has 0 aromatic carbocycles. The van der Waals surface area contributed by atoms with Gasteiger partial charge in [0.1, 0.15) is 12.2 Å². The van der Waals surface area contributed by atoms with Crippen LogP contribution in [-0.2, 0) is 6.42 Å². The molecule has 56 valence electrons. The van der Waals surface area contributed by atoms with Crippen molar-refractivity contribution in [1.82, 2.24) is 15.2 Å². The number of rotatable bonds is 4. The van der Waals surface area contributed by atoms with Crippen molar-refractivity contribution in [3.63, 3.8) is 0 Å². The molecule has 0 radical (unpaired) electrons. The normalized spacial score (nSPS) is 10.1. The first-order valence-electron chi connectivity index (χ1n) is 3.77. The smallest absolute Gasteiger partial charge is 0.137 e. The van der Waals surface area contributed by atoms with E-state index in [0.717, 1.165) is 12.2 Å². The first-order valence-corrected chi connectivity index (χ1v) is 3.77. The highest BCUT2D eigenvalue weighted by molar-refractivity contribution is 4.78. The van der Waals surface area contributed by atoms with E-state index in [2.05, 4.69) is 22.1 Å². The molecular weight excluding hydrogens is 126 g/mol. The van der Waals surface area contributed by atoms with Gasteiger partial charge >= 0.3 is 0 Å². The predicted octanol–water partition coefficient (Wildman–Crippen LogP) is 1.54. The molecule has 1 N–H and O–H groups in total. The average molecular weight is 139 g/mol. The van der Waals surface area contributed by atoms with Crippen LogP contribution in [0.1, 0.15) is 32.0 Å². The van der Waals surface area contributed by atoms with Crippen molar-refractivity contribution in [1.29, 1.82) is 0 Å². The second-order valence-electron chi connectivity index (χ2n) is 2.39. The van der Waals surface area contributed by atoms with Gasteiger partial charge in [-0.05, 0) is 6.42 Å². The van der Waals surface area contributed by atoms with Gasteiger partial charge in [0.2, 0.25) is 0 Å². The lowest BCUT2D eigenvalue weighted by Gasteiger charge is -1.92. The molecule has 3 heteroatoms. The van der Waals surface area contributed by atoms with E-state index in [1.165, 1.54) is 19.3 Å². The third-order valence-corrected chi connectivity index (χ3v) is 1.48. The van der Waals surface area contributed by atoms with Crippen molar-refractivity contribution < 1.29 is 0 Å². The summed E-state index contributed by atoms with van der Waals surface area (Å²) in [5.41, 5.74) is 0. The minimum Gasteiger partial charge on any atom is -0.263 e. The highest BCUT2D eigenvalue weighted by Gasteiger charge is 1.92. The van der Waals surface area contributed by atoms with Gasteiger partial charge in [-0.25, -0.2) is 4.98 Å². The zero-order valence-corrected chi connectivity index (χ0v) is 6.30. The molecule has 0 saturated carbocycles. The zero-order chi connectivity index (χ0) is 7.23. The lowest BCUT2D eigenvalue weighted by molar-refractivity contribution is 0.695. The Morgan fingerprint density at radius 1 is 1.50 bits per heavy atom. The summed E-state index contributed by atoms with van der Waals surface area (Å²) in [5.74, 6) is 1.01. The van der Waals surface area contributed by atoms with Crippen molar-refractivity contribution in [3.8, 4) is 0 Å². The fourth-order valence-electron chi connectivity index (χ4n) is 0.894. The molecule has 0 amide bonds. The van der Waals surface area contributed by atoms with Gasteiger partial charge < -0.3 is 0 Å². The molecule has 0 unspecified atom stereocenters.